The van der Waals surface area contributed by atoms with Crippen LogP contribution in [0.3, 0.4) is 0 Å². The summed E-state index contributed by atoms with van der Waals surface area (Å²) in [6.07, 6.45) is 0.113. The molecule has 3 aromatic rings. The van der Waals surface area contributed by atoms with E-state index >= 15 is 0 Å². The quantitative estimate of drug-likeness (QED) is 0.497. The van der Waals surface area contributed by atoms with Crippen molar-refractivity contribution >= 4 is 28.8 Å². The molecule has 0 saturated carbocycles. The number of aromatic nitrogens is 1. The van der Waals surface area contributed by atoms with E-state index in [1.54, 1.807) is 38.2 Å². The summed E-state index contributed by atoms with van der Waals surface area (Å²) in [5, 5.41) is 3.20. The number of hydrogen-bond donors (Lipinski definition) is 0. The third-order valence-corrected chi connectivity index (χ3v) is 5.63. The third-order valence-electron chi connectivity index (χ3n) is 4.51. The molecule has 29 heavy (non-hydrogen) atoms. The molecule has 1 aromatic heterocycles. The summed E-state index contributed by atoms with van der Waals surface area (Å²) in [7, 11) is 1.63. The lowest BCUT2D eigenvalue weighted by Crippen LogP contribution is -2.31. The van der Waals surface area contributed by atoms with E-state index in [1.807, 2.05) is 5.38 Å². The Bertz CT molecular complexity index is 995. The molecule has 152 valence electrons. The van der Waals surface area contributed by atoms with Gasteiger partial charge in [-0.2, -0.15) is 0 Å². The summed E-state index contributed by atoms with van der Waals surface area (Å²) < 4.78 is 32.2. The van der Waals surface area contributed by atoms with E-state index in [2.05, 4.69) is 4.98 Å². The summed E-state index contributed by atoms with van der Waals surface area (Å²) >= 11 is 7.25. The number of amides is 1. The van der Waals surface area contributed by atoms with Crippen LogP contribution in [0.25, 0.3) is 0 Å². The fourth-order valence-corrected chi connectivity index (χ4v) is 3.49. The average Bonchev–Trinajstić information content (AvgIpc) is 3.15. The number of likely N-dealkylation sites (N-methyl/N-ethyl adjacent to an activating group) is 1. The van der Waals surface area contributed by atoms with Crippen LogP contribution in [0.1, 0.15) is 29.2 Å². The van der Waals surface area contributed by atoms with Crippen molar-refractivity contribution in [2.45, 2.75) is 26.0 Å². The first-order valence-corrected chi connectivity index (χ1v) is 10.1. The van der Waals surface area contributed by atoms with Gasteiger partial charge in [0.2, 0.25) is 5.91 Å². The molecule has 3 rings (SSSR count). The van der Waals surface area contributed by atoms with Gasteiger partial charge in [0, 0.05) is 17.5 Å². The molecule has 1 heterocycles. The van der Waals surface area contributed by atoms with E-state index in [0.717, 1.165) is 17.1 Å². The monoisotopic (exact) mass is 436 g/mol. The lowest BCUT2D eigenvalue weighted by Gasteiger charge is -2.25. The molecule has 0 radical (unpaired) electrons. The van der Waals surface area contributed by atoms with Crippen LogP contribution in [-0.2, 0) is 17.8 Å². The molecule has 0 bridgehead atoms. The minimum absolute atomic E-state index is 0.113. The Balaban J connectivity index is 1.57. The number of hydrogen-bond acceptors (Lipinski definition) is 4. The van der Waals surface area contributed by atoms with Crippen molar-refractivity contribution in [2.75, 3.05) is 7.05 Å². The minimum atomic E-state index is -0.931. The van der Waals surface area contributed by atoms with Crippen molar-refractivity contribution in [3.63, 3.8) is 0 Å². The minimum Gasteiger partial charge on any atom is -0.486 e. The SMILES string of the molecule is CC(c1ccc(F)c(F)c1)N(C)C(=O)Cc1csc(COc2ccc(Cl)cc2)n1. The molecule has 0 aliphatic heterocycles. The van der Waals surface area contributed by atoms with Gasteiger partial charge in [-0.15, -0.1) is 11.3 Å². The zero-order chi connectivity index (χ0) is 21.0. The highest BCUT2D eigenvalue weighted by Gasteiger charge is 2.20. The normalized spacial score (nSPS) is 11.9. The molecule has 1 atom stereocenters. The van der Waals surface area contributed by atoms with Crippen molar-refractivity contribution in [3.8, 4) is 5.75 Å². The van der Waals surface area contributed by atoms with E-state index in [-0.39, 0.29) is 12.3 Å². The lowest BCUT2D eigenvalue weighted by molar-refractivity contribution is -0.131. The molecule has 0 fully saturated rings. The summed E-state index contributed by atoms with van der Waals surface area (Å²) in [5.74, 6) is -1.33. The molecule has 8 heteroatoms. The van der Waals surface area contributed by atoms with E-state index in [1.165, 1.54) is 22.3 Å². The lowest BCUT2D eigenvalue weighted by atomic mass is 10.1. The maximum absolute atomic E-state index is 13.5. The zero-order valence-electron chi connectivity index (χ0n) is 15.9. The summed E-state index contributed by atoms with van der Waals surface area (Å²) in [4.78, 5) is 18.5. The molecule has 0 N–H and O–H groups in total. The van der Waals surface area contributed by atoms with E-state index in [4.69, 9.17) is 16.3 Å². The standard InChI is InChI=1S/C21H19ClF2N2O2S/c1-13(14-3-8-18(23)19(24)9-14)26(2)21(27)10-16-12-29-20(25-16)11-28-17-6-4-15(22)5-7-17/h3-9,12-13H,10-11H2,1-2H3. The Labute approximate surface area is 176 Å². The molecule has 0 aliphatic rings. The first-order chi connectivity index (χ1) is 13.8. The molecule has 1 amide bonds. The van der Waals surface area contributed by atoms with Gasteiger partial charge >= 0.3 is 0 Å². The van der Waals surface area contributed by atoms with Crippen LogP contribution < -0.4 is 4.74 Å². The Morgan fingerprint density at radius 1 is 1.21 bits per heavy atom. The number of nitrogens with zero attached hydrogens (tertiary/aromatic N) is 2. The van der Waals surface area contributed by atoms with Gasteiger partial charge < -0.3 is 9.64 Å². The van der Waals surface area contributed by atoms with E-state index < -0.39 is 17.7 Å². The number of ether oxygens (including phenoxy) is 1. The van der Waals surface area contributed by atoms with Gasteiger partial charge in [-0.1, -0.05) is 17.7 Å². The fourth-order valence-electron chi connectivity index (χ4n) is 2.66. The van der Waals surface area contributed by atoms with Gasteiger partial charge in [-0.3, -0.25) is 4.79 Å². The predicted octanol–water partition coefficient (Wildman–Crippen LogP) is 5.42. The van der Waals surface area contributed by atoms with E-state index in [0.29, 0.717) is 28.6 Å². The number of rotatable bonds is 7. The van der Waals surface area contributed by atoms with Crippen LogP contribution in [0, 0.1) is 11.6 Å². The van der Waals surface area contributed by atoms with Crippen LogP contribution in [0.4, 0.5) is 8.78 Å². The Hall–Kier alpha value is -2.51. The summed E-state index contributed by atoms with van der Waals surface area (Å²) in [6.45, 7) is 2.05. The fraction of sp³-hybridized carbons (Fsp3) is 0.238. The number of thiazole rings is 1. The molecular formula is C21H19ClF2N2O2S. The highest BCUT2D eigenvalue weighted by atomic mass is 35.5. The largest absolute Gasteiger partial charge is 0.486 e. The third kappa shape index (κ3) is 5.52. The molecule has 4 nitrogen and oxygen atoms in total. The first-order valence-electron chi connectivity index (χ1n) is 8.85. The molecule has 2 aromatic carbocycles. The maximum Gasteiger partial charge on any atom is 0.228 e. The zero-order valence-corrected chi connectivity index (χ0v) is 17.4. The Morgan fingerprint density at radius 3 is 2.62 bits per heavy atom. The number of benzene rings is 2. The Kier molecular flexibility index (Phi) is 6.82. The van der Waals surface area contributed by atoms with Crippen molar-refractivity contribution in [3.05, 3.63) is 80.8 Å². The maximum atomic E-state index is 13.5. The van der Waals surface area contributed by atoms with E-state index in [9.17, 15) is 13.6 Å². The summed E-state index contributed by atoms with van der Waals surface area (Å²) in [6, 6.07) is 10.3. The molecule has 0 aliphatic carbocycles. The van der Waals surface area contributed by atoms with Crippen LogP contribution in [0.15, 0.2) is 47.8 Å². The second kappa shape index (κ2) is 9.33. The Morgan fingerprint density at radius 2 is 1.93 bits per heavy atom. The molecular weight excluding hydrogens is 418 g/mol. The van der Waals surface area contributed by atoms with Gasteiger partial charge in [-0.25, -0.2) is 13.8 Å². The van der Waals surface area contributed by atoms with Gasteiger partial charge in [0.1, 0.15) is 17.4 Å². The van der Waals surface area contributed by atoms with Gasteiger partial charge in [0.25, 0.3) is 0 Å². The van der Waals surface area contributed by atoms with Gasteiger partial charge in [0.15, 0.2) is 11.6 Å². The molecule has 1 unspecified atom stereocenters. The van der Waals surface area contributed by atoms with Crippen molar-refractivity contribution < 1.29 is 18.3 Å². The number of halogens is 3. The second-order valence-corrected chi connectivity index (χ2v) is 7.89. The first kappa shape index (κ1) is 21.2. The molecule has 0 saturated heterocycles. The van der Waals surface area contributed by atoms with Crippen molar-refractivity contribution in [1.29, 1.82) is 0 Å². The van der Waals surface area contributed by atoms with Crippen LogP contribution in [0.5, 0.6) is 5.75 Å². The van der Waals surface area contributed by atoms with Crippen LogP contribution in [-0.4, -0.2) is 22.8 Å². The second-order valence-electron chi connectivity index (χ2n) is 6.51. The van der Waals surface area contributed by atoms with Crippen LogP contribution >= 0.6 is 22.9 Å². The predicted molar refractivity (Wildman–Crippen MR) is 109 cm³/mol. The number of carbonyl (C=O) groups is 1. The van der Waals surface area contributed by atoms with Crippen molar-refractivity contribution in [1.82, 2.24) is 9.88 Å². The van der Waals surface area contributed by atoms with Gasteiger partial charge in [-0.05, 0) is 48.9 Å². The topological polar surface area (TPSA) is 42.4 Å². The highest BCUT2D eigenvalue weighted by molar-refractivity contribution is 7.09. The smallest absolute Gasteiger partial charge is 0.228 e. The summed E-state index contributed by atoms with van der Waals surface area (Å²) in [5.41, 5.74) is 1.16. The average molecular weight is 437 g/mol. The van der Waals surface area contributed by atoms with Gasteiger partial charge in [0.05, 0.1) is 18.2 Å². The molecule has 0 spiro atoms. The van der Waals surface area contributed by atoms with Crippen LogP contribution in [0.2, 0.25) is 5.02 Å². The highest BCUT2D eigenvalue weighted by Crippen LogP contribution is 2.22. The number of carbonyl (C=O) groups excluding carboxylic acids is 1. The van der Waals surface area contributed by atoms with Crippen molar-refractivity contribution in [2.24, 2.45) is 0 Å².